The van der Waals surface area contributed by atoms with Crippen LogP contribution in [0.3, 0.4) is 0 Å². The van der Waals surface area contributed by atoms with Crippen LogP contribution in [0, 0.1) is 11.3 Å². The summed E-state index contributed by atoms with van der Waals surface area (Å²) in [5.41, 5.74) is 3.44. The monoisotopic (exact) mass is 322 g/mol. The van der Waals surface area contributed by atoms with E-state index in [9.17, 15) is 4.79 Å². The average molecular weight is 322 g/mol. The summed E-state index contributed by atoms with van der Waals surface area (Å²) in [6.07, 6.45) is 3.40. The number of hydrogen-bond acceptors (Lipinski definition) is 3. The summed E-state index contributed by atoms with van der Waals surface area (Å²) in [7, 11) is 1.62. The first kappa shape index (κ1) is 17.6. The topological polar surface area (TPSA) is 65.9 Å². The summed E-state index contributed by atoms with van der Waals surface area (Å²) in [5, 5.41) is 9.11. The number of ether oxygens (including phenoxy) is 1. The summed E-state index contributed by atoms with van der Waals surface area (Å²) in [4.78, 5) is 14.9. The third kappa shape index (κ3) is 3.57. The van der Waals surface area contributed by atoms with Crippen molar-refractivity contribution in [2.75, 3.05) is 7.11 Å². The van der Waals surface area contributed by atoms with Gasteiger partial charge in [0.1, 0.15) is 5.75 Å². The molecule has 4 nitrogen and oxygen atoms in total. The minimum atomic E-state index is -0.175. The van der Waals surface area contributed by atoms with Gasteiger partial charge in [-0.3, -0.25) is 4.79 Å². The van der Waals surface area contributed by atoms with E-state index in [4.69, 9.17) is 10.00 Å². The Labute approximate surface area is 142 Å². The molecule has 0 bridgehead atoms. The molecule has 0 unspecified atom stereocenters. The zero-order chi connectivity index (χ0) is 17.9. The van der Waals surface area contributed by atoms with Crippen molar-refractivity contribution in [2.24, 2.45) is 0 Å². The van der Waals surface area contributed by atoms with Gasteiger partial charge in [-0.15, -0.1) is 0 Å². The van der Waals surface area contributed by atoms with E-state index in [-0.39, 0.29) is 11.0 Å². The molecule has 0 spiro atoms. The minimum absolute atomic E-state index is 0.144. The largest absolute Gasteiger partial charge is 0.496 e. The van der Waals surface area contributed by atoms with E-state index in [0.29, 0.717) is 11.1 Å². The first-order chi connectivity index (χ1) is 11.3. The SMILES string of the molecule is COc1c(/C=C(/C)C#N)cc(-c2ccc[nH]c2=O)cc1C(C)(C)C. The van der Waals surface area contributed by atoms with Gasteiger partial charge in [0.25, 0.3) is 5.56 Å². The Balaban J connectivity index is 2.85. The van der Waals surface area contributed by atoms with Crippen molar-refractivity contribution in [1.82, 2.24) is 4.98 Å². The van der Waals surface area contributed by atoms with Crippen molar-refractivity contribution in [3.63, 3.8) is 0 Å². The molecule has 24 heavy (non-hydrogen) atoms. The molecule has 0 aliphatic rings. The Hall–Kier alpha value is -2.80. The van der Waals surface area contributed by atoms with E-state index in [2.05, 4.69) is 31.8 Å². The Morgan fingerprint density at radius 1 is 1.33 bits per heavy atom. The molecule has 2 aromatic rings. The van der Waals surface area contributed by atoms with E-state index in [1.54, 1.807) is 38.4 Å². The molecule has 0 saturated heterocycles. The molecule has 1 aromatic carbocycles. The molecule has 0 saturated carbocycles. The second-order valence-corrected chi connectivity index (χ2v) is 6.75. The highest BCUT2D eigenvalue weighted by Crippen LogP contribution is 2.38. The summed E-state index contributed by atoms with van der Waals surface area (Å²) >= 11 is 0. The molecule has 124 valence electrons. The molecule has 0 amide bonds. The van der Waals surface area contributed by atoms with E-state index in [1.165, 1.54) is 0 Å². The van der Waals surface area contributed by atoms with Gasteiger partial charge in [0.2, 0.25) is 0 Å². The molecular weight excluding hydrogens is 300 g/mol. The first-order valence-electron chi connectivity index (χ1n) is 7.77. The van der Waals surface area contributed by atoms with Gasteiger partial charge in [-0.1, -0.05) is 20.8 Å². The molecule has 2 rings (SSSR count). The number of methoxy groups -OCH3 is 1. The quantitative estimate of drug-likeness (QED) is 0.858. The fourth-order valence-electron chi connectivity index (χ4n) is 2.61. The zero-order valence-corrected chi connectivity index (χ0v) is 14.7. The predicted octanol–water partition coefficient (Wildman–Crippen LogP) is 4.27. The summed E-state index contributed by atoms with van der Waals surface area (Å²) in [6.45, 7) is 8.02. The van der Waals surface area contributed by atoms with Crippen LogP contribution in [0.5, 0.6) is 5.75 Å². The van der Waals surface area contributed by atoms with Gasteiger partial charge in [0.15, 0.2) is 0 Å². The number of aromatic amines is 1. The van der Waals surface area contributed by atoms with E-state index >= 15 is 0 Å². The number of pyridine rings is 1. The maximum Gasteiger partial charge on any atom is 0.255 e. The van der Waals surface area contributed by atoms with E-state index < -0.39 is 0 Å². The highest BCUT2D eigenvalue weighted by atomic mass is 16.5. The molecule has 1 heterocycles. The van der Waals surface area contributed by atoms with Crippen molar-refractivity contribution in [2.45, 2.75) is 33.1 Å². The van der Waals surface area contributed by atoms with Crippen LogP contribution in [-0.4, -0.2) is 12.1 Å². The van der Waals surface area contributed by atoms with Gasteiger partial charge < -0.3 is 9.72 Å². The van der Waals surface area contributed by atoms with Gasteiger partial charge in [-0.05, 0) is 48.2 Å². The second kappa shape index (κ2) is 6.76. The summed E-state index contributed by atoms with van der Waals surface area (Å²) in [5.74, 6) is 0.730. The maximum absolute atomic E-state index is 12.2. The number of nitrogens with one attached hydrogen (secondary N) is 1. The normalized spacial score (nSPS) is 11.9. The van der Waals surface area contributed by atoms with Crippen LogP contribution >= 0.6 is 0 Å². The van der Waals surface area contributed by atoms with E-state index in [0.717, 1.165) is 22.4 Å². The molecule has 0 atom stereocenters. The summed E-state index contributed by atoms with van der Waals surface area (Å²) in [6, 6.07) is 9.60. The minimum Gasteiger partial charge on any atom is -0.496 e. The lowest BCUT2D eigenvalue weighted by molar-refractivity contribution is 0.396. The van der Waals surface area contributed by atoms with Crippen molar-refractivity contribution in [1.29, 1.82) is 5.26 Å². The van der Waals surface area contributed by atoms with Gasteiger partial charge in [0.05, 0.1) is 13.2 Å². The van der Waals surface area contributed by atoms with Crippen molar-refractivity contribution < 1.29 is 4.74 Å². The Kier molecular flexibility index (Phi) is 4.94. The fraction of sp³-hybridized carbons (Fsp3) is 0.300. The Morgan fingerprint density at radius 2 is 2.04 bits per heavy atom. The number of H-pyrrole nitrogens is 1. The second-order valence-electron chi connectivity index (χ2n) is 6.75. The predicted molar refractivity (Wildman–Crippen MR) is 97.0 cm³/mol. The maximum atomic E-state index is 12.2. The van der Waals surface area contributed by atoms with Crippen LogP contribution in [0.1, 0.15) is 38.8 Å². The highest BCUT2D eigenvalue weighted by Gasteiger charge is 2.22. The molecule has 0 radical (unpaired) electrons. The van der Waals surface area contributed by atoms with Crippen molar-refractivity contribution >= 4 is 6.08 Å². The number of benzene rings is 1. The lowest BCUT2D eigenvalue weighted by Crippen LogP contribution is -2.15. The molecule has 1 aromatic heterocycles. The molecule has 0 aliphatic carbocycles. The third-order valence-electron chi connectivity index (χ3n) is 3.81. The molecular formula is C20H22N2O2. The third-order valence-corrected chi connectivity index (χ3v) is 3.81. The van der Waals surface area contributed by atoms with Crippen molar-refractivity contribution in [3.05, 3.63) is 57.5 Å². The number of aromatic nitrogens is 1. The fourth-order valence-corrected chi connectivity index (χ4v) is 2.61. The number of allylic oxidation sites excluding steroid dienone is 1. The number of nitriles is 1. The number of rotatable bonds is 3. The zero-order valence-electron chi connectivity index (χ0n) is 14.7. The van der Waals surface area contributed by atoms with Crippen molar-refractivity contribution in [3.8, 4) is 22.9 Å². The average Bonchev–Trinajstić information content (AvgIpc) is 2.53. The van der Waals surface area contributed by atoms with Gasteiger partial charge >= 0.3 is 0 Å². The van der Waals surface area contributed by atoms with Crippen LogP contribution in [0.15, 0.2) is 40.8 Å². The lowest BCUT2D eigenvalue weighted by atomic mass is 9.83. The molecule has 0 aliphatic heterocycles. The smallest absolute Gasteiger partial charge is 0.255 e. The van der Waals surface area contributed by atoms with Crippen LogP contribution < -0.4 is 10.3 Å². The number of hydrogen-bond donors (Lipinski definition) is 1. The summed E-state index contributed by atoms with van der Waals surface area (Å²) < 4.78 is 5.63. The van der Waals surface area contributed by atoms with E-state index in [1.807, 2.05) is 12.1 Å². The lowest BCUT2D eigenvalue weighted by Gasteiger charge is -2.24. The van der Waals surface area contributed by atoms with Crippen LogP contribution in [-0.2, 0) is 5.41 Å². The van der Waals surface area contributed by atoms with Gasteiger partial charge in [-0.25, -0.2) is 0 Å². The number of nitrogens with zero attached hydrogens (tertiary/aromatic N) is 1. The van der Waals surface area contributed by atoms with Crippen LogP contribution in [0.25, 0.3) is 17.2 Å². The van der Waals surface area contributed by atoms with Crippen LogP contribution in [0.4, 0.5) is 0 Å². The molecule has 4 heteroatoms. The standard InChI is InChI=1S/C20H22N2O2/c1-13(12-21)9-15-10-14(16-7-6-8-22-19(16)23)11-17(18(15)24-5)20(2,3)4/h6-11H,1-5H3,(H,22,23)/b13-9-. The van der Waals surface area contributed by atoms with Gasteiger partial charge in [0, 0.05) is 28.5 Å². The Morgan fingerprint density at radius 3 is 2.58 bits per heavy atom. The highest BCUT2D eigenvalue weighted by molar-refractivity contribution is 5.74. The first-order valence-corrected chi connectivity index (χ1v) is 7.77. The Bertz CT molecular complexity index is 878. The van der Waals surface area contributed by atoms with Gasteiger partial charge in [-0.2, -0.15) is 5.26 Å². The molecule has 1 N–H and O–H groups in total. The molecule has 0 fully saturated rings. The van der Waals surface area contributed by atoms with Crippen LogP contribution in [0.2, 0.25) is 0 Å².